The molecule has 2 aromatic rings. The molecule has 1 heterocycles. The first-order chi connectivity index (χ1) is 10.1. The summed E-state index contributed by atoms with van der Waals surface area (Å²) in [6.45, 7) is 0.000992. The number of aliphatic hydroxyl groups excluding tert-OH is 1. The molecule has 21 heavy (non-hydrogen) atoms. The Morgan fingerprint density at radius 1 is 1.33 bits per heavy atom. The average molecular weight is 323 g/mol. The van der Waals surface area contributed by atoms with Crippen LogP contribution in [0.15, 0.2) is 30.3 Å². The van der Waals surface area contributed by atoms with Gasteiger partial charge in [0.2, 0.25) is 0 Å². The summed E-state index contributed by atoms with van der Waals surface area (Å²) in [5.74, 6) is 5.36. The molecule has 0 unspecified atom stereocenters. The van der Waals surface area contributed by atoms with Crippen LogP contribution in [0.25, 0.3) is 0 Å². The highest BCUT2D eigenvalue weighted by Gasteiger charge is 2.12. The van der Waals surface area contributed by atoms with E-state index in [1.54, 1.807) is 18.2 Å². The van der Waals surface area contributed by atoms with Crippen LogP contribution in [0.3, 0.4) is 0 Å². The standard InChI is InChI=1S/C15H12Cl2N2O2/c16-11-9-13(18-14(11)17)15(21)19-12-7-2-1-5-10(12)6-3-4-8-20/h1-2,5,7,9,18,20H,4,8H2,(H,19,21). The second-order valence-electron chi connectivity index (χ2n) is 4.12. The molecule has 1 amide bonds. The molecule has 108 valence electrons. The minimum absolute atomic E-state index is 0.000992. The third kappa shape index (κ3) is 4.02. The molecular formula is C15H12Cl2N2O2. The zero-order valence-corrected chi connectivity index (χ0v) is 12.4. The van der Waals surface area contributed by atoms with Crippen LogP contribution in [0.1, 0.15) is 22.5 Å². The van der Waals surface area contributed by atoms with Gasteiger partial charge in [-0.2, -0.15) is 0 Å². The Hall–Kier alpha value is -1.93. The minimum Gasteiger partial charge on any atom is -0.395 e. The second-order valence-corrected chi connectivity index (χ2v) is 4.91. The van der Waals surface area contributed by atoms with Gasteiger partial charge >= 0.3 is 0 Å². The third-order valence-corrected chi connectivity index (χ3v) is 3.30. The lowest BCUT2D eigenvalue weighted by molar-refractivity contribution is 0.102. The summed E-state index contributed by atoms with van der Waals surface area (Å²) in [6, 6.07) is 8.60. The molecule has 2 rings (SSSR count). The van der Waals surface area contributed by atoms with Crippen LogP contribution < -0.4 is 5.32 Å². The SMILES string of the molecule is O=C(Nc1ccccc1C#CCCO)c1cc(Cl)c(Cl)[nH]1. The lowest BCUT2D eigenvalue weighted by Crippen LogP contribution is -2.13. The van der Waals surface area contributed by atoms with Crippen LogP contribution in [-0.2, 0) is 0 Å². The van der Waals surface area contributed by atoms with E-state index < -0.39 is 0 Å². The van der Waals surface area contributed by atoms with Crippen molar-refractivity contribution in [1.29, 1.82) is 0 Å². The van der Waals surface area contributed by atoms with Crippen molar-refractivity contribution >= 4 is 34.8 Å². The average Bonchev–Trinajstić information content (AvgIpc) is 2.81. The van der Waals surface area contributed by atoms with Crippen LogP contribution in [0, 0.1) is 11.8 Å². The molecule has 0 spiro atoms. The molecule has 0 fully saturated rings. The summed E-state index contributed by atoms with van der Waals surface area (Å²) in [6.07, 6.45) is 0.379. The van der Waals surface area contributed by atoms with Gasteiger partial charge in [-0.05, 0) is 18.2 Å². The van der Waals surface area contributed by atoms with Gasteiger partial charge in [-0.25, -0.2) is 0 Å². The summed E-state index contributed by atoms with van der Waals surface area (Å²) in [5.41, 5.74) is 1.51. The van der Waals surface area contributed by atoms with Crippen molar-refractivity contribution in [2.24, 2.45) is 0 Å². The first kappa shape index (κ1) is 15.5. The Morgan fingerprint density at radius 2 is 2.10 bits per heavy atom. The molecule has 0 radical (unpaired) electrons. The van der Waals surface area contributed by atoms with E-state index >= 15 is 0 Å². The van der Waals surface area contributed by atoms with Gasteiger partial charge in [0, 0.05) is 12.0 Å². The highest BCUT2D eigenvalue weighted by Crippen LogP contribution is 2.23. The predicted octanol–water partition coefficient (Wildman–Crippen LogP) is 3.31. The maximum absolute atomic E-state index is 12.1. The largest absolute Gasteiger partial charge is 0.395 e. The molecular weight excluding hydrogens is 311 g/mol. The number of carbonyl (C=O) groups is 1. The van der Waals surface area contributed by atoms with Crippen molar-refractivity contribution in [3.05, 3.63) is 51.8 Å². The summed E-state index contributed by atoms with van der Waals surface area (Å²) in [4.78, 5) is 14.8. The van der Waals surface area contributed by atoms with Crippen LogP contribution in [-0.4, -0.2) is 22.6 Å². The molecule has 0 bridgehead atoms. The van der Waals surface area contributed by atoms with E-state index in [1.807, 2.05) is 6.07 Å². The predicted molar refractivity (Wildman–Crippen MR) is 83.8 cm³/mol. The van der Waals surface area contributed by atoms with Gasteiger partial charge in [-0.1, -0.05) is 47.2 Å². The molecule has 4 nitrogen and oxygen atoms in total. The fraction of sp³-hybridized carbons (Fsp3) is 0.133. The molecule has 1 aromatic heterocycles. The first-order valence-corrected chi connectivity index (χ1v) is 6.91. The van der Waals surface area contributed by atoms with Crippen LogP contribution in [0.4, 0.5) is 5.69 Å². The smallest absolute Gasteiger partial charge is 0.272 e. The number of para-hydroxylation sites is 1. The van der Waals surface area contributed by atoms with E-state index in [9.17, 15) is 4.79 Å². The highest BCUT2D eigenvalue weighted by molar-refractivity contribution is 6.41. The number of aliphatic hydroxyl groups is 1. The summed E-state index contributed by atoms with van der Waals surface area (Å²) >= 11 is 11.6. The molecule has 0 aliphatic carbocycles. The number of nitrogens with one attached hydrogen (secondary N) is 2. The summed E-state index contributed by atoms with van der Waals surface area (Å²) in [7, 11) is 0. The lowest BCUT2D eigenvalue weighted by atomic mass is 10.1. The zero-order valence-electron chi connectivity index (χ0n) is 10.9. The number of hydrogen-bond donors (Lipinski definition) is 3. The number of H-pyrrole nitrogens is 1. The molecule has 3 N–H and O–H groups in total. The number of halogens is 2. The Labute approximate surface area is 132 Å². The van der Waals surface area contributed by atoms with Gasteiger partial charge in [0.05, 0.1) is 17.3 Å². The van der Waals surface area contributed by atoms with Gasteiger partial charge in [0.1, 0.15) is 10.8 Å². The van der Waals surface area contributed by atoms with Gasteiger partial charge in [0.25, 0.3) is 5.91 Å². The molecule has 6 heteroatoms. The maximum atomic E-state index is 12.1. The summed E-state index contributed by atoms with van der Waals surface area (Å²) in [5, 5.41) is 12.0. The molecule has 0 aliphatic heterocycles. The Balaban J connectivity index is 2.20. The minimum atomic E-state index is -0.361. The number of hydrogen-bond acceptors (Lipinski definition) is 2. The zero-order chi connectivity index (χ0) is 15.2. The van der Waals surface area contributed by atoms with Crippen molar-refractivity contribution in [3.63, 3.8) is 0 Å². The Bertz CT molecular complexity index is 694. The fourth-order valence-corrected chi connectivity index (χ4v) is 1.94. The van der Waals surface area contributed by atoms with Gasteiger partial charge in [-0.3, -0.25) is 4.79 Å². The summed E-state index contributed by atoms with van der Waals surface area (Å²) < 4.78 is 0. The highest BCUT2D eigenvalue weighted by atomic mass is 35.5. The normalized spacial score (nSPS) is 9.86. The molecule has 0 atom stereocenters. The quantitative estimate of drug-likeness (QED) is 0.759. The lowest BCUT2D eigenvalue weighted by Gasteiger charge is -2.06. The van der Waals surface area contributed by atoms with Gasteiger partial charge in [-0.15, -0.1) is 0 Å². The number of aromatic amines is 1. The first-order valence-electron chi connectivity index (χ1n) is 6.16. The fourth-order valence-electron chi connectivity index (χ4n) is 1.63. The molecule has 0 aliphatic rings. The van der Waals surface area contributed by atoms with E-state index in [-0.39, 0.29) is 28.4 Å². The Kier molecular flexibility index (Phi) is 5.29. The number of anilines is 1. The third-order valence-electron chi connectivity index (χ3n) is 2.60. The van der Waals surface area contributed by atoms with E-state index in [2.05, 4.69) is 22.1 Å². The van der Waals surface area contributed by atoms with Crippen molar-refractivity contribution in [2.75, 3.05) is 11.9 Å². The topological polar surface area (TPSA) is 65.1 Å². The molecule has 0 saturated heterocycles. The van der Waals surface area contributed by atoms with Crippen molar-refractivity contribution in [1.82, 2.24) is 4.98 Å². The second kappa shape index (κ2) is 7.19. The number of benzene rings is 1. The number of aromatic nitrogens is 1. The van der Waals surface area contributed by atoms with E-state index in [0.29, 0.717) is 17.7 Å². The van der Waals surface area contributed by atoms with Crippen molar-refractivity contribution < 1.29 is 9.90 Å². The van der Waals surface area contributed by atoms with Gasteiger partial charge in [0.15, 0.2) is 0 Å². The monoisotopic (exact) mass is 322 g/mol. The number of rotatable bonds is 3. The van der Waals surface area contributed by atoms with E-state index in [4.69, 9.17) is 28.3 Å². The maximum Gasteiger partial charge on any atom is 0.272 e. The molecule has 1 aromatic carbocycles. The van der Waals surface area contributed by atoms with Crippen LogP contribution >= 0.6 is 23.2 Å². The van der Waals surface area contributed by atoms with Crippen LogP contribution in [0.5, 0.6) is 0 Å². The van der Waals surface area contributed by atoms with Crippen LogP contribution in [0.2, 0.25) is 10.2 Å². The Morgan fingerprint density at radius 3 is 2.76 bits per heavy atom. The van der Waals surface area contributed by atoms with Crippen molar-refractivity contribution in [2.45, 2.75) is 6.42 Å². The van der Waals surface area contributed by atoms with Crippen molar-refractivity contribution in [3.8, 4) is 11.8 Å². The number of carbonyl (C=O) groups excluding carboxylic acids is 1. The van der Waals surface area contributed by atoms with E-state index in [0.717, 1.165) is 0 Å². The van der Waals surface area contributed by atoms with Gasteiger partial charge < -0.3 is 15.4 Å². The molecule has 0 saturated carbocycles. The van der Waals surface area contributed by atoms with E-state index in [1.165, 1.54) is 6.07 Å². The number of amides is 1.